The molecule has 0 aliphatic carbocycles. The predicted molar refractivity (Wildman–Crippen MR) is 414 cm³/mol. The van der Waals surface area contributed by atoms with Crippen LogP contribution in [0.3, 0.4) is 0 Å². The van der Waals surface area contributed by atoms with Crippen LogP contribution in [0.15, 0.2) is 0 Å². The summed E-state index contributed by atoms with van der Waals surface area (Å²) in [6.45, 7) is 9.62. The molecule has 0 rings (SSSR count). The number of aliphatic hydroxyl groups is 1. The maximum atomic E-state index is 13.1. The molecule has 0 amide bonds. The van der Waals surface area contributed by atoms with Gasteiger partial charge in [0.15, 0.2) is 12.2 Å². The molecule has 0 aliphatic rings. The zero-order valence-corrected chi connectivity index (χ0v) is 68.0. The standard InChI is InChI=1S/C82H160O17P2/c1-7-9-11-13-15-17-19-21-22-23-27-30-33-37-40-46-52-58-64-79(84)92-70-77(98-82(87)67-61-55-48-42-38-34-31-28-25-24-26-29-32-35-39-44-50-56-62-74(3)4)72-96-100(88,89)94-68-76(83)69-95-101(90,91)97-73-78(71-93-80(85)65-59-53-49-43-45-51-57-63-75(5)6)99-81(86)66-60-54-47-41-36-20-18-16-14-12-10-8-2/h74-78,83H,7-73H2,1-6H3,(H,88,89)(H,90,91)/t76-,77-,78-/m1/s1. The summed E-state index contributed by atoms with van der Waals surface area (Å²) >= 11 is 0. The molecule has 101 heavy (non-hydrogen) atoms. The number of carbonyl (C=O) groups is 4. The lowest BCUT2D eigenvalue weighted by Gasteiger charge is -2.21. The number of phosphoric ester groups is 2. The Kier molecular flexibility index (Phi) is 72.2. The second-order valence-corrected chi connectivity index (χ2v) is 33.4. The Bertz CT molecular complexity index is 1940. The van der Waals surface area contributed by atoms with Crippen LogP contribution in [0.1, 0.15) is 433 Å². The third-order valence-corrected chi connectivity index (χ3v) is 21.1. The van der Waals surface area contributed by atoms with Crippen molar-refractivity contribution in [1.29, 1.82) is 0 Å². The highest BCUT2D eigenvalue weighted by Crippen LogP contribution is 2.45. The van der Waals surface area contributed by atoms with E-state index < -0.39 is 97.5 Å². The summed E-state index contributed by atoms with van der Waals surface area (Å²) in [5, 5.41) is 10.6. The highest BCUT2D eigenvalue weighted by molar-refractivity contribution is 7.47. The van der Waals surface area contributed by atoms with Gasteiger partial charge in [-0.1, -0.05) is 382 Å². The van der Waals surface area contributed by atoms with Crippen LogP contribution in [0.4, 0.5) is 0 Å². The maximum Gasteiger partial charge on any atom is 0.472 e. The summed E-state index contributed by atoms with van der Waals surface area (Å²) in [4.78, 5) is 73.0. The zero-order chi connectivity index (χ0) is 74.2. The lowest BCUT2D eigenvalue weighted by molar-refractivity contribution is -0.161. The van der Waals surface area contributed by atoms with Crippen LogP contribution < -0.4 is 0 Å². The molecule has 5 atom stereocenters. The fourth-order valence-electron chi connectivity index (χ4n) is 12.7. The van der Waals surface area contributed by atoms with Crippen LogP contribution in [0.25, 0.3) is 0 Å². The van der Waals surface area contributed by atoms with Gasteiger partial charge in [0.2, 0.25) is 0 Å². The number of aliphatic hydroxyl groups excluding tert-OH is 1. The van der Waals surface area contributed by atoms with Crippen molar-refractivity contribution in [3.63, 3.8) is 0 Å². The van der Waals surface area contributed by atoms with Gasteiger partial charge in [0, 0.05) is 25.7 Å². The lowest BCUT2D eigenvalue weighted by Crippen LogP contribution is -2.30. The topological polar surface area (TPSA) is 237 Å². The molecular weight excluding hydrogens is 1320 g/mol. The van der Waals surface area contributed by atoms with E-state index in [-0.39, 0.29) is 25.7 Å². The van der Waals surface area contributed by atoms with Crippen molar-refractivity contribution in [3.05, 3.63) is 0 Å². The quantitative estimate of drug-likeness (QED) is 0.0222. The van der Waals surface area contributed by atoms with Crippen LogP contribution in [0, 0.1) is 11.8 Å². The van der Waals surface area contributed by atoms with Gasteiger partial charge in [0.1, 0.15) is 19.3 Å². The van der Waals surface area contributed by atoms with Crippen molar-refractivity contribution in [2.75, 3.05) is 39.6 Å². The van der Waals surface area contributed by atoms with E-state index in [2.05, 4.69) is 41.5 Å². The molecule has 0 fully saturated rings. The zero-order valence-electron chi connectivity index (χ0n) is 66.2. The smallest absolute Gasteiger partial charge is 0.462 e. The Morgan fingerprint density at radius 3 is 0.673 bits per heavy atom. The van der Waals surface area contributed by atoms with Gasteiger partial charge in [-0.2, -0.15) is 0 Å². The van der Waals surface area contributed by atoms with Gasteiger partial charge in [0.25, 0.3) is 0 Å². The van der Waals surface area contributed by atoms with Crippen LogP contribution in [-0.4, -0.2) is 96.7 Å². The van der Waals surface area contributed by atoms with Crippen molar-refractivity contribution in [3.8, 4) is 0 Å². The Morgan fingerprint density at radius 2 is 0.455 bits per heavy atom. The molecule has 0 spiro atoms. The minimum atomic E-state index is -4.96. The van der Waals surface area contributed by atoms with Gasteiger partial charge in [-0.3, -0.25) is 37.3 Å². The first-order valence-corrected chi connectivity index (χ1v) is 45.5. The van der Waals surface area contributed by atoms with Crippen molar-refractivity contribution in [2.24, 2.45) is 11.8 Å². The SMILES string of the molecule is CCCCCCCCCCCCCCCCCCCCC(=O)OC[C@H](COP(=O)(O)OC[C@@H](O)COP(=O)(O)OC[C@@H](COC(=O)CCCCCCCCCC(C)C)OC(=O)CCCCCCCCCCCCCC)OC(=O)CCCCCCCCCCCCCCCCCCCCC(C)C. The Balaban J connectivity index is 5.21. The van der Waals surface area contributed by atoms with Crippen molar-refractivity contribution in [1.82, 2.24) is 0 Å². The average Bonchev–Trinajstić information content (AvgIpc) is 0.942. The largest absolute Gasteiger partial charge is 0.472 e. The van der Waals surface area contributed by atoms with Gasteiger partial charge in [-0.25, -0.2) is 9.13 Å². The number of hydrogen-bond acceptors (Lipinski definition) is 15. The number of carbonyl (C=O) groups excluding carboxylic acids is 4. The third-order valence-electron chi connectivity index (χ3n) is 19.2. The monoisotopic (exact) mass is 1480 g/mol. The molecule has 19 heteroatoms. The van der Waals surface area contributed by atoms with E-state index in [1.54, 1.807) is 0 Å². The Hall–Kier alpha value is -1.94. The lowest BCUT2D eigenvalue weighted by atomic mass is 10.0. The molecule has 2 unspecified atom stereocenters. The number of hydrogen-bond donors (Lipinski definition) is 3. The molecule has 3 N–H and O–H groups in total. The van der Waals surface area contributed by atoms with Gasteiger partial charge in [-0.05, 0) is 37.5 Å². The van der Waals surface area contributed by atoms with Crippen LogP contribution in [-0.2, 0) is 65.4 Å². The fraction of sp³-hybridized carbons (Fsp3) is 0.951. The number of rotatable bonds is 81. The van der Waals surface area contributed by atoms with Gasteiger partial charge >= 0.3 is 39.5 Å². The minimum Gasteiger partial charge on any atom is -0.462 e. The molecule has 0 aromatic carbocycles. The van der Waals surface area contributed by atoms with E-state index in [1.165, 1.54) is 244 Å². The van der Waals surface area contributed by atoms with E-state index in [0.29, 0.717) is 31.6 Å². The first-order chi connectivity index (χ1) is 48.9. The second kappa shape index (κ2) is 73.6. The Morgan fingerprint density at radius 1 is 0.267 bits per heavy atom. The summed E-state index contributed by atoms with van der Waals surface area (Å²) in [6.07, 6.45) is 64.0. The summed E-state index contributed by atoms with van der Waals surface area (Å²) in [5.74, 6) is -0.582. The molecule has 0 radical (unpaired) electrons. The van der Waals surface area contributed by atoms with Gasteiger partial charge < -0.3 is 33.8 Å². The molecule has 0 saturated heterocycles. The third kappa shape index (κ3) is 76.1. The number of unbranched alkanes of at least 4 members (excludes halogenated alkanes) is 51. The molecule has 0 aromatic rings. The summed E-state index contributed by atoms with van der Waals surface area (Å²) in [5.41, 5.74) is 0. The van der Waals surface area contributed by atoms with Crippen LogP contribution in [0.2, 0.25) is 0 Å². The van der Waals surface area contributed by atoms with Crippen molar-refractivity contribution >= 4 is 39.5 Å². The van der Waals surface area contributed by atoms with Gasteiger partial charge in [0.05, 0.1) is 26.4 Å². The van der Waals surface area contributed by atoms with Crippen LogP contribution in [0.5, 0.6) is 0 Å². The van der Waals surface area contributed by atoms with E-state index in [4.69, 9.17) is 37.0 Å². The molecule has 0 bridgehead atoms. The highest BCUT2D eigenvalue weighted by atomic mass is 31.2. The molecule has 0 saturated carbocycles. The minimum absolute atomic E-state index is 0.107. The Labute approximate surface area is 619 Å². The predicted octanol–water partition coefficient (Wildman–Crippen LogP) is 24.7. The molecule has 17 nitrogen and oxygen atoms in total. The first kappa shape index (κ1) is 99.1. The fourth-order valence-corrected chi connectivity index (χ4v) is 14.3. The van der Waals surface area contributed by atoms with Crippen molar-refractivity contribution in [2.45, 2.75) is 452 Å². The van der Waals surface area contributed by atoms with E-state index in [0.717, 1.165) is 102 Å². The normalized spacial score (nSPS) is 13.9. The maximum absolute atomic E-state index is 13.1. The molecule has 0 aromatic heterocycles. The van der Waals surface area contributed by atoms with Crippen molar-refractivity contribution < 1.29 is 80.2 Å². The van der Waals surface area contributed by atoms with Gasteiger partial charge in [-0.15, -0.1) is 0 Å². The first-order valence-electron chi connectivity index (χ1n) is 42.5. The molecule has 0 aliphatic heterocycles. The molecule has 0 heterocycles. The number of phosphoric acid groups is 2. The highest BCUT2D eigenvalue weighted by Gasteiger charge is 2.30. The average molecular weight is 1480 g/mol. The van der Waals surface area contributed by atoms with E-state index in [9.17, 15) is 43.2 Å². The molecular formula is C82H160O17P2. The number of ether oxygens (including phenoxy) is 4. The van der Waals surface area contributed by atoms with E-state index >= 15 is 0 Å². The summed E-state index contributed by atoms with van der Waals surface area (Å²) in [7, 11) is -9.92. The van der Waals surface area contributed by atoms with Crippen LogP contribution >= 0.6 is 15.6 Å². The number of esters is 4. The summed E-state index contributed by atoms with van der Waals surface area (Å²) < 4.78 is 68.7. The summed E-state index contributed by atoms with van der Waals surface area (Å²) in [6, 6.07) is 0. The van der Waals surface area contributed by atoms with E-state index in [1.807, 2.05) is 0 Å². The second-order valence-electron chi connectivity index (χ2n) is 30.5. The molecule has 600 valence electrons.